The van der Waals surface area contributed by atoms with Crippen molar-refractivity contribution in [1.82, 2.24) is 0 Å². The Morgan fingerprint density at radius 2 is 2.28 bits per heavy atom. The van der Waals surface area contributed by atoms with Gasteiger partial charge >= 0.3 is 0 Å². The van der Waals surface area contributed by atoms with E-state index in [-0.39, 0.29) is 5.69 Å². The second-order valence-electron chi connectivity index (χ2n) is 3.63. The average Bonchev–Trinajstić information content (AvgIpc) is 2.38. The smallest absolute Gasteiger partial charge is 0.293 e. The predicted molar refractivity (Wildman–Crippen MR) is 74.6 cm³/mol. The molecule has 6 heteroatoms. The van der Waals surface area contributed by atoms with E-state index in [2.05, 4.69) is 12.2 Å². The zero-order chi connectivity index (χ0) is 13.4. The van der Waals surface area contributed by atoms with Crippen molar-refractivity contribution in [2.24, 2.45) is 0 Å². The Kier molecular flexibility index (Phi) is 6.21. The van der Waals surface area contributed by atoms with Crippen LogP contribution >= 0.6 is 11.8 Å². The lowest BCUT2D eigenvalue weighted by atomic mass is 10.2. The van der Waals surface area contributed by atoms with Crippen molar-refractivity contribution >= 4 is 29.4 Å². The minimum atomic E-state index is -0.476. The van der Waals surface area contributed by atoms with Crippen LogP contribution in [0.1, 0.15) is 23.7 Å². The SMILES string of the molecule is CCSCCCNc1ccc(C=O)cc1[N+](=O)[O-]. The molecule has 0 atom stereocenters. The van der Waals surface area contributed by atoms with Gasteiger partial charge in [0.05, 0.1) is 4.92 Å². The van der Waals surface area contributed by atoms with E-state index in [1.165, 1.54) is 6.07 Å². The van der Waals surface area contributed by atoms with Gasteiger partial charge in [0.2, 0.25) is 0 Å². The Bertz CT molecular complexity index is 424. The van der Waals surface area contributed by atoms with Crippen LogP contribution in [0.2, 0.25) is 0 Å². The summed E-state index contributed by atoms with van der Waals surface area (Å²) in [4.78, 5) is 21.0. The third-order valence-electron chi connectivity index (χ3n) is 2.34. The highest BCUT2D eigenvalue weighted by Gasteiger charge is 2.13. The Morgan fingerprint density at radius 3 is 2.89 bits per heavy atom. The number of hydrogen-bond acceptors (Lipinski definition) is 5. The summed E-state index contributed by atoms with van der Waals surface area (Å²) in [5.74, 6) is 2.11. The second kappa shape index (κ2) is 7.71. The van der Waals surface area contributed by atoms with E-state index in [1.807, 2.05) is 11.8 Å². The van der Waals surface area contributed by atoms with E-state index >= 15 is 0 Å². The number of thioether (sulfide) groups is 1. The number of nitro benzene ring substituents is 1. The van der Waals surface area contributed by atoms with Crippen molar-refractivity contribution in [2.45, 2.75) is 13.3 Å². The summed E-state index contributed by atoms with van der Waals surface area (Å²) in [6.07, 6.45) is 1.56. The molecule has 5 nitrogen and oxygen atoms in total. The van der Waals surface area contributed by atoms with Crippen LogP contribution in [0.15, 0.2) is 18.2 Å². The van der Waals surface area contributed by atoms with Gasteiger partial charge in [-0.3, -0.25) is 14.9 Å². The van der Waals surface area contributed by atoms with E-state index in [1.54, 1.807) is 12.1 Å². The van der Waals surface area contributed by atoms with Crippen LogP contribution < -0.4 is 5.32 Å². The van der Waals surface area contributed by atoms with Gasteiger partial charge in [0.1, 0.15) is 12.0 Å². The number of carbonyl (C=O) groups is 1. The van der Waals surface area contributed by atoms with Crippen LogP contribution in [0.5, 0.6) is 0 Å². The van der Waals surface area contributed by atoms with Crippen molar-refractivity contribution in [3.05, 3.63) is 33.9 Å². The summed E-state index contributed by atoms with van der Waals surface area (Å²) in [5, 5.41) is 13.9. The number of hydrogen-bond donors (Lipinski definition) is 1. The molecule has 1 N–H and O–H groups in total. The third kappa shape index (κ3) is 4.37. The Balaban J connectivity index is 2.64. The zero-order valence-electron chi connectivity index (χ0n) is 10.2. The van der Waals surface area contributed by atoms with Crippen molar-refractivity contribution in [3.63, 3.8) is 0 Å². The molecule has 0 amide bonds. The van der Waals surface area contributed by atoms with E-state index in [0.29, 0.717) is 24.1 Å². The largest absolute Gasteiger partial charge is 0.379 e. The van der Waals surface area contributed by atoms with Crippen LogP contribution in [0, 0.1) is 10.1 Å². The number of aldehydes is 1. The molecule has 1 aromatic rings. The number of carbonyl (C=O) groups excluding carboxylic acids is 1. The van der Waals surface area contributed by atoms with Gasteiger partial charge < -0.3 is 5.32 Å². The van der Waals surface area contributed by atoms with Crippen molar-refractivity contribution in [2.75, 3.05) is 23.4 Å². The van der Waals surface area contributed by atoms with Crippen LogP contribution in [-0.2, 0) is 0 Å². The van der Waals surface area contributed by atoms with Crippen molar-refractivity contribution in [3.8, 4) is 0 Å². The molecule has 0 heterocycles. The van der Waals surface area contributed by atoms with Crippen molar-refractivity contribution in [1.29, 1.82) is 0 Å². The number of nitrogens with zero attached hydrogens (tertiary/aromatic N) is 1. The molecule has 98 valence electrons. The summed E-state index contributed by atoms with van der Waals surface area (Å²) >= 11 is 1.84. The van der Waals surface area contributed by atoms with E-state index < -0.39 is 4.92 Å². The molecule has 0 spiro atoms. The van der Waals surface area contributed by atoms with Gasteiger partial charge in [-0.15, -0.1) is 0 Å². The molecule has 0 fully saturated rings. The molecule has 0 aliphatic heterocycles. The topological polar surface area (TPSA) is 72.2 Å². The fraction of sp³-hybridized carbons (Fsp3) is 0.417. The highest BCUT2D eigenvalue weighted by atomic mass is 32.2. The number of benzene rings is 1. The summed E-state index contributed by atoms with van der Waals surface area (Å²) in [6.45, 7) is 2.79. The molecule has 18 heavy (non-hydrogen) atoms. The standard InChI is InChI=1S/C12H16N2O3S/c1-2-18-7-3-6-13-11-5-4-10(9-15)8-12(11)14(16)17/h4-5,8-9,13H,2-3,6-7H2,1H3. The quantitative estimate of drug-likeness (QED) is 0.339. The van der Waals surface area contributed by atoms with Crippen molar-refractivity contribution < 1.29 is 9.72 Å². The van der Waals surface area contributed by atoms with Gasteiger partial charge in [0.25, 0.3) is 5.69 Å². The molecule has 0 aliphatic rings. The van der Waals surface area contributed by atoms with Gasteiger partial charge in [-0.25, -0.2) is 0 Å². The predicted octanol–water partition coefficient (Wildman–Crippen LogP) is 2.96. The number of anilines is 1. The maximum absolute atomic E-state index is 10.9. The molecule has 0 unspecified atom stereocenters. The molecule has 0 saturated heterocycles. The van der Waals surface area contributed by atoms with Crippen LogP contribution in [0.3, 0.4) is 0 Å². The van der Waals surface area contributed by atoms with Gasteiger partial charge in [-0.05, 0) is 30.1 Å². The Labute approximate surface area is 110 Å². The molecule has 1 rings (SSSR count). The summed E-state index contributed by atoms with van der Waals surface area (Å²) in [6, 6.07) is 4.44. The van der Waals surface area contributed by atoms with Crippen LogP contribution in [0.25, 0.3) is 0 Å². The first kappa shape index (κ1) is 14.5. The lowest BCUT2D eigenvalue weighted by Crippen LogP contribution is -2.05. The molecule has 0 aromatic heterocycles. The number of rotatable bonds is 8. The maximum atomic E-state index is 10.9. The third-order valence-corrected chi connectivity index (χ3v) is 3.33. The molecule has 0 bridgehead atoms. The molecular formula is C12H16N2O3S. The van der Waals surface area contributed by atoms with Crippen LogP contribution in [-0.4, -0.2) is 29.3 Å². The number of nitrogens with one attached hydrogen (secondary N) is 1. The summed E-state index contributed by atoms with van der Waals surface area (Å²) < 4.78 is 0. The summed E-state index contributed by atoms with van der Waals surface area (Å²) in [7, 11) is 0. The Hall–Kier alpha value is -1.56. The van der Waals surface area contributed by atoms with Crippen LogP contribution in [0.4, 0.5) is 11.4 Å². The lowest BCUT2D eigenvalue weighted by molar-refractivity contribution is -0.384. The average molecular weight is 268 g/mol. The second-order valence-corrected chi connectivity index (χ2v) is 5.02. The molecule has 1 aromatic carbocycles. The molecule has 0 aliphatic carbocycles. The van der Waals surface area contributed by atoms with Gasteiger partial charge in [0, 0.05) is 18.2 Å². The van der Waals surface area contributed by atoms with Gasteiger partial charge in [-0.2, -0.15) is 11.8 Å². The Morgan fingerprint density at radius 1 is 1.50 bits per heavy atom. The van der Waals surface area contributed by atoms with E-state index in [9.17, 15) is 14.9 Å². The van der Waals surface area contributed by atoms with Gasteiger partial charge in [-0.1, -0.05) is 6.92 Å². The molecule has 0 radical (unpaired) electrons. The minimum Gasteiger partial charge on any atom is -0.379 e. The first-order valence-corrected chi connectivity index (χ1v) is 6.89. The highest BCUT2D eigenvalue weighted by Crippen LogP contribution is 2.24. The minimum absolute atomic E-state index is 0.0530. The lowest BCUT2D eigenvalue weighted by Gasteiger charge is -2.07. The highest BCUT2D eigenvalue weighted by molar-refractivity contribution is 7.99. The monoisotopic (exact) mass is 268 g/mol. The maximum Gasteiger partial charge on any atom is 0.293 e. The number of nitro groups is 1. The van der Waals surface area contributed by atoms with E-state index in [0.717, 1.165) is 17.9 Å². The zero-order valence-corrected chi connectivity index (χ0v) is 11.0. The summed E-state index contributed by atoms with van der Waals surface area (Å²) in [5.41, 5.74) is 0.726. The van der Waals surface area contributed by atoms with E-state index in [4.69, 9.17) is 0 Å². The fourth-order valence-electron chi connectivity index (χ4n) is 1.46. The first-order valence-electron chi connectivity index (χ1n) is 5.74. The fourth-order valence-corrected chi connectivity index (χ4v) is 2.10. The van der Waals surface area contributed by atoms with Gasteiger partial charge in [0.15, 0.2) is 0 Å². The molecular weight excluding hydrogens is 252 g/mol. The normalized spacial score (nSPS) is 10.1. The molecule has 0 saturated carbocycles. The first-order chi connectivity index (χ1) is 8.69.